The molecule has 5 rings (SSSR count). The number of rotatable bonds is 7. The van der Waals surface area contributed by atoms with Crippen molar-refractivity contribution >= 4 is 23.7 Å². The first-order chi connectivity index (χ1) is 16.9. The Bertz CT molecular complexity index is 1100. The topological polar surface area (TPSA) is 140 Å². The third-order valence-electron chi connectivity index (χ3n) is 8.82. The lowest BCUT2D eigenvalue weighted by atomic mass is 9.85. The molecule has 1 aromatic rings. The van der Waals surface area contributed by atoms with E-state index >= 15 is 0 Å². The fourth-order valence-corrected chi connectivity index (χ4v) is 6.38. The van der Waals surface area contributed by atoms with Gasteiger partial charge in [-0.25, -0.2) is 4.98 Å². The van der Waals surface area contributed by atoms with Crippen molar-refractivity contribution in [3.63, 3.8) is 0 Å². The number of likely N-dealkylation sites (tertiary alicyclic amines) is 1. The van der Waals surface area contributed by atoms with Crippen LogP contribution in [-0.2, 0) is 14.4 Å². The van der Waals surface area contributed by atoms with Gasteiger partial charge in [0, 0.05) is 18.0 Å². The molecular formula is C26H36N6O4. The Hall–Kier alpha value is -3.09. The average Bonchev–Trinajstić information content (AvgIpc) is 3.35. The molecule has 0 aromatic carbocycles. The lowest BCUT2D eigenvalue weighted by Crippen LogP contribution is -2.57. The molecule has 10 heteroatoms. The lowest BCUT2D eigenvalue weighted by molar-refractivity contribution is -0.142. The van der Waals surface area contributed by atoms with Crippen LogP contribution in [0.1, 0.15) is 60.3 Å². The van der Waals surface area contributed by atoms with E-state index in [4.69, 9.17) is 4.42 Å². The summed E-state index contributed by atoms with van der Waals surface area (Å²) in [6.45, 7) is 10.6. The zero-order valence-corrected chi connectivity index (χ0v) is 21.6. The first-order valence-electron chi connectivity index (χ1n) is 12.8. The van der Waals surface area contributed by atoms with E-state index < -0.39 is 23.5 Å². The second kappa shape index (κ2) is 8.22. The molecule has 3 N–H and O–H groups in total. The summed E-state index contributed by atoms with van der Waals surface area (Å²) in [6.07, 6.45) is 5.90. The van der Waals surface area contributed by atoms with Gasteiger partial charge in [0.2, 0.25) is 17.7 Å². The predicted octanol–water partition coefficient (Wildman–Crippen LogP) is 2.05. The third kappa shape index (κ3) is 4.22. The number of anilines is 1. The van der Waals surface area contributed by atoms with Gasteiger partial charge in [-0.05, 0) is 48.3 Å². The zero-order valence-electron chi connectivity index (χ0n) is 21.6. The van der Waals surface area contributed by atoms with Gasteiger partial charge in [-0.2, -0.15) is 5.26 Å². The molecule has 4 aliphatic rings. The number of carbonyl (C=O) groups is 3. The molecular weight excluding hydrogens is 460 g/mol. The van der Waals surface area contributed by atoms with E-state index in [1.807, 2.05) is 20.8 Å². The van der Waals surface area contributed by atoms with Gasteiger partial charge < -0.3 is 25.3 Å². The largest absolute Gasteiger partial charge is 0.432 e. The van der Waals surface area contributed by atoms with Crippen molar-refractivity contribution in [1.82, 2.24) is 20.5 Å². The summed E-state index contributed by atoms with van der Waals surface area (Å²) < 4.78 is 5.33. The molecule has 2 saturated carbocycles. The number of nitrogens with one attached hydrogen (secondary N) is 3. The van der Waals surface area contributed by atoms with Crippen molar-refractivity contribution < 1.29 is 18.8 Å². The summed E-state index contributed by atoms with van der Waals surface area (Å²) in [6, 6.07) is 0.310. The highest BCUT2D eigenvalue weighted by molar-refractivity contribution is 5.93. The number of piperidine rings is 1. The van der Waals surface area contributed by atoms with Gasteiger partial charge in [-0.15, -0.1) is 0 Å². The van der Waals surface area contributed by atoms with Crippen molar-refractivity contribution in [2.45, 2.75) is 84.0 Å². The van der Waals surface area contributed by atoms with E-state index in [-0.39, 0.29) is 58.9 Å². The first-order valence-corrected chi connectivity index (χ1v) is 12.8. The highest BCUT2D eigenvalue weighted by Crippen LogP contribution is 2.65. The minimum atomic E-state index is -0.788. The normalized spacial score (nSPS) is 30.7. The van der Waals surface area contributed by atoms with Crippen LogP contribution in [0.15, 0.2) is 16.9 Å². The number of nitriles is 1. The number of hydrogen-bond acceptors (Lipinski definition) is 7. The van der Waals surface area contributed by atoms with Gasteiger partial charge in [0.1, 0.15) is 24.4 Å². The molecule has 1 aromatic heterocycles. The molecule has 36 heavy (non-hydrogen) atoms. The number of fused-ring (bicyclic) bond motifs is 1. The van der Waals surface area contributed by atoms with Crippen LogP contribution in [0, 0.1) is 39.9 Å². The van der Waals surface area contributed by atoms with E-state index in [0.29, 0.717) is 13.0 Å². The van der Waals surface area contributed by atoms with Gasteiger partial charge >= 0.3 is 0 Å². The van der Waals surface area contributed by atoms with Crippen LogP contribution in [0.25, 0.3) is 0 Å². The van der Waals surface area contributed by atoms with Gasteiger partial charge in [-0.1, -0.05) is 34.6 Å². The monoisotopic (exact) mass is 496 g/mol. The molecule has 6 atom stereocenters. The van der Waals surface area contributed by atoms with Crippen LogP contribution in [0.5, 0.6) is 0 Å². The summed E-state index contributed by atoms with van der Waals surface area (Å²) in [5.41, 5.74) is -0.611. The summed E-state index contributed by atoms with van der Waals surface area (Å²) in [4.78, 5) is 45.7. The quantitative estimate of drug-likeness (QED) is 0.525. The minimum Gasteiger partial charge on any atom is -0.432 e. The van der Waals surface area contributed by atoms with Gasteiger partial charge in [0.15, 0.2) is 0 Å². The van der Waals surface area contributed by atoms with Crippen molar-refractivity contribution in [1.29, 1.82) is 5.26 Å². The molecule has 6 unspecified atom stereocenters. The van der Waals surface area contributed by atoms with Crippen molar-refractivity contribution in [2.75, 3.05) is 11.9 Å². The SMILES string of the molecule is CC(C)(C)C(Nc1ncco1)C(=O)N1CC2C(C1C(=O)NC(C#N)CC1CC3(CC3)NC1=O)C2(C)C. The summed E-state index contributed by atoms with van der Waals surface area (Å²) in [7, 11) is 0. The first kappa shape index (κ1) is 24.6. The second-order valence-electron chi connectivity index (χ2n) is 12.8. The summed E-state index contributed by atoms with van der Waals surface area (Å²) in [5.74, 6) is -0.588. The highest BCUT2D eigenvalue weighted by Gasteiger charge is 2.70. The minimum absolute atomic E-state index is 0.0210. The van der Waals surface area contributed by atoms with Gasteiger partial charge in [0.25, 0.3) is 6.01 Å². The van der Waals surface area contributed by atoms with Crippen LogP contribution in [0.3, 0.4) is 0 Å². The van der Waals surface area contributed by atoms with Crippen molar-refractivity contribution in [3.05, 3.63) is 12.5 Å². The fourth-order valence-electron chi connectivity index (χ4n) is 6.38. The number of oxazole rings is 1. The molecule has 194 valence electrons. The Labute approximate surface area is 211 Å². The zero-order chi connectivity index (χ0) is 26.0. The number of nitrogens with zero attached hydrogens (tertiary/aromatic N) is 3. The second-order valence-corrected chi connectivity index (χ2v) is 12.8. The summed E-state index contributed by atoms with van der Waals surface area (Å²) >= 11 is 0. The molecule has 4 fully saturated rings. The molecule has 2 aliphatic carbocycles. The van der Waals surface area contributed by atoms with Crippen molar-refractivity contribution in [2.24, 2.45) is 28.6 Å². The van der Waals surface area contributed by atoms with Crippen LogP contribution >= 0.6 is 0 Å². The fraction of sp³-hybridized carbons (Fsp3) is 0.731. The highest BCUT2D eigenvalue weighted by atomic mass is 16.4. The molecule has 2 saturated heterocycles. The molecule has 10 nitrogen and oxygen atoms in total. The Morgan fingerprint density at radius 1 is 1.36 bits per heavy atom. The average molecular weight is 497 g/mol. The lowest BCUT2D eigenvalue weighted by Gasteiger charge is -2.37. The number of aromatic nitrogens is 1. The number of hydrogen-bond donors (Lipinski definition) is 3. The van der Waals surface area contributed by atoms with Crippen LogP contribution in [0.2, 0.25) is 0 Å². The molecule has 2 aliphatic heterocycles. The molecule has 1 spiro atoms. The molecule has 0 radical (unpaired) electrons. The van der Waals surface area contributed by atoms with Crippen LogP contribution in [-0.4, -0.2) is 57.8 Å². The van der Waals surface area contributed by atoms with Gasteiger partial charge in [0.05, 0.1) is 12.3 Å². The van der Waals surface area contributed by atoms with Crippen LogP contribution in [0.4, 0.5) is 6.01 Å². The maximum atomic E-state index is 13.9. The van der Waals surface area contributed by atoms with Crippen molar-refractivity contribution in [3.8, 4) is 6.07 Å². The Morgan fingerprint density at radius 2 is 2.08 bits per heavy atom. The Kier molecular flexibility index (Phi) is 5.61. The maximum Gasteiger partial charge on any atom is 0.295 e. The molecule has 0 bridgehead atoms. The molecule has 3 amide bonds. The van der Waals surface area contributed by atoms with E-state index in [1.165, 1.54) is 12.5 Å². The van der Waals surface area contributed by atoms with Gasteiger partial charge in [-0.3, -0.25) is 14.4 Å². The maximum absolute atomic E-state index is 13.9. The number of carbonyl (C=O) groups excluding carboxylic acids is 3. The smallest absolute Gasteiger partial charge is 0.295 e. The van der Waals surface area contributed by atoms with Crippen LogP contribution < -0.4 is 16.0 Å². The standard InChI is InChI=1S/C26H36N6O4/c1-24(2,3)19(30-23-28-8-9-36-23)22(35)32-13-16-17(25(16,4)5)18(32)21(34)29-15(12-27)10-14-11-26(6-7-26)31-20(14)33/h8-9,14-19H,6-7,10-11,13H2,1-5H3,(H,28,30)(H,29,34)(H,31,33). The Morgan fingerprint density at radius 3 is 2.64 bits per heavy atom. The third-order valence-corrected chi connectivity index (χ3v) is 8.82. The summed E-state index contributed by atoms with van der Waals surface area (Å²) in [5, 5.41) is 18.8. The number of amides is 3. The van der Waals surface area contributed by atoms with E-state index in [9.17, 15) is 19.6 Å². The van der Waals surface area contributed by atoms with E-state index in [2.05, 4.69) is 40.9 Å². The van der Waals surface area contributed by atoms with E-state index in [0.717, 1.165) is 12.8 Å². The molecule has 3 heterocycles. The van der Waals surface area contributed by atoms with E-state index in [1.54, 1.807) is 4.90 Å². The predicted molar refractivity (Wildman–Crippen MR) is 130 cm³/mol. The Balaban J connectivity index is 1.32.